The number of fused-ring (bicyclic) bond motifs is 1. The van der Waals surface area contributed by atoms with Gasteiger partial charge in [0.25, 0.3) is 0 Å². The summed E-state index contributed by atoms with van der Waals surface area (Å²) in [4.78, 5) is 0. The Balaban J connectivity index is 2.21. The smallest absolute Gasteiger partial charge is 0.0725 e. The minimum atomic E-state index is 0.487. The molecule has 0 fully saturated rings. The first-order valence-corrected chi connectivity index (χ1v) is 7.72. The lowest BCUT2D eigenvalue weighted by Crippen LogP contribution is -2.28. The van der Waals surface area contributed by atoms with Gasteiger partial charge < -0.3 is 10.1 Å². The second kappa shape index (κ2) is 7.06. The highest BCUT2D eigenvalue weighted by atomic mass is 16.5. The monoisotopic (exact) mass is 261 g/mol. The molecule has 1 aromatic carbocycles. The van der Waals surface area contributed by atoms with Gasteiger partial charge in [0.2, 0.25) is 0 Å². The molecule has 0 bridgehead atoms. The lowest BCUT2D eigenvalue weighted by Gasteiger charge is -2.27. The van der Waals surface area contributed by atoms with Gasteiger partial charge in [-0.25, -0.2) is 0 Å². The van der Waals surface area contributed by atoms with Gasteiger partial charge in [-0.2, -0.15) is 0 Å². The number of rotatable bonds is 7. The van der Waals surface area contributed by atoms with Crippen molar-refractivity contribution in [1.29, 1.82) is 0 Å². The van der Waals surface area contributed by atoms with E-state index < -0.39 is 0 Å². The fourth-order valence-electron chi connectivity index (χ4n) is 3.00. The van der Waals surface area contributed by atoms with Crippen molar-refractivity contribution in [3.8, 4) is 0 Å². The molecule has 1 heterocycles. The molecule has 2 rings (SSSR count). The fraction of sp³-hybridized carbons (Fsp3) is 0.647. The number of hydrogen-bond donors (Lipinski definition) is 1. The normalized spacial score (nSPS) is 15.8. The van der Waals surface area contributed by atoms with Crippen molar-refractivity contribution in [2.24, 2.45) is 5.92 Å². The van der Waals surface area contributed by atoms with Crippen LogP contribution in [-0.2, 0) is 18.0 Å². The molecular formula is C17H27NO. The van der Waals surface area contributed by atoms with Gasteiger partial charge in [0.05, 0.1) is 13.2 Å². The van der Waals surface area contributed by atoms with E-state index in [1.54, 1.807) is 0 Å². The van der Waals surface area contributed by atoms with Crippen LogP contribution in [0.2, 0.25) is 0 Å². The van der Waals surface area contributed by atoms with E-state index in [-0.39, 0.29) is 0 Å². The molecule has 0 saturated carbocycles. The number of benzene rings is 1. The van der Waals surface area contributed by atoms with E-state index in [4.69, 9.17) is 4.74 Å². The van der Waals surface area contributed by atoms with Crippen LogP contribution < -0.4 is 5.32 Å². The highest BCUT2D eigenvalue weighted by molar-refractivity contribution is 5.35. The third-order valence-corrected chi connectivity index (χ3v) is 4.24. The highest BCUT2D eigenvalue weighted by Gasteiger charge is 2.21. The Kier molecular flexibility index (Phi) is 5.41. The molecule has 0 spiro atoms. The average Bonchev–Trinajstić information content (AvgIpc) is 2.90. The first-order valence-electron chi connectivity index (χ1n) is 7.72. The van der Waals surface area contributed by atoms with Crippen molar-refractivity contribution < 1.29 is 4.74 Å². The maximum atomic E-state index is 5.52. The van der Waals surface area contributed by atoms with Crippen LogP contribution in [0.1, 0.15) is 62.8 Å². The van der Waals surface area contributed by atoms with Gasteiger partial charge in [-0.3, -0.25) is 0 Å². The molecule has 1 N–H and O–H groups in total. The predicted octanol–water partition coefficient (Wildman–Crippen LogP) is 4.19. The molecule has 0 saturated heterocycles. The summed E-state index contributed by atoms with van der Waals surface area (Å²) in [5.41, 5.74) is 4.18. The molecule has 1 atom stereocenters. The Morgan fingerprint density at radius 3 is 2.53 bits per heavy atom. The van der Waals surface area contributed by atoms with Gasteiger partial charge in [0.15, 0.2) is 0 Å². The molecular weight excluding hydrogens is 234 g/mol. The van der Waals surface area contributed by atoms with E-state index in [2.05, 4.69) is 44.3 Å². The van der Waals surface area contributed by atoms with Crippen LogP contribution in [0, 0.1) is 5.92 Å². The number of nitrogens with one attached hydrogen (secondary N) is 1. The molecule has 19 heavy (non-hydrogen) atoms. The Bertz CT molecular complexity index is 398. The quantitative estimate of drug-likeness (QED) is 0.794. The van der Waals surface area contributed by atoms with Gasteiger partial charge in [-0.05, 0) is 35.6 Å². The topological polar surface area (TPSA) is 21.3 Å². The van der Waals surface area contributed by atoms with Crippen LogP contribution in [0.4, 0.5) is 0 Å². The van der Waals surface area contributed by atoms with Gasteiger partial charge in [0.1, 0.15) is 0 Å². The van der Waals surface area contributed by atoms with Crippen LogP contribution in [-0.4, -0.2) is 6.54 Å². The van der Waals surface area contributed by atoms with Crippen molar-refractivity contribution in [2.75, 3.05) is 6.54 Å². The van der Waals surface area contributed by atoms with Gasteiger partial charge >= 0.3 is 0 Å². The SMILES string of the molecule is CCCNC(c1ccc2c(c1)COC2)C(CC)CC. The van der Waals surface area contributed by atoms with Crippen molar-refractivity contribution >= 4 is 0 Å². The summed E-state index contributed by atoms with van der Waals surface area (Å²) in [6, 6.07) is 7.38. The zero-order valence-corrected chi connectivity index (χ0v) is 12.5. The summed E-state index contributed by atoms with van der Waals surface area (Å²) in [6.07, 6.45) is 3.64. The van der Waals surface area contributed by atoms with E-state index in [1.807, 2.05) is 0 Å². The lowest BCUT2D eigenvalue weighted by atomic mass is 9.87. The summed E-state index contributed by atoms with van der Waals surface area (Å²) < 4.78 is 5.52. The van der Waals surface area contributed by atoms with E-state index >= 15 is 0 Å². The van der Waals surface area contributed by atoms with Crippen molar-refractivity contribution in [1.82, 2.24) is 5.32 Å². The standard InChI is InChI=1S/C17H27NO/c1-4-9-18-17(13(5-2)6-3)14-7-8-15-11-19-12-16(15)10-14/h7-8,10,13,17-18H,4-6,9,11-12H2,1-3H3. The first-order chi connectivity index (χ1) is 9.30. The average molecular weight is 261 g/mol. The molecule has 106 valence electrons. The van der Waals surface area contributed by atoms with E-state index in [0.717, 1.165) is 19.8 Å². The predicted molar refractivity (Wildman–Crippen MR) is 80.0 cm³/mol. The Labute approximate surface area is 117 Å². The second-order valence-electron chi connectivity index (χ2n) is 5.53. The second-order valence-corrected chi connectivity index (χ2v) is 5.53. The Hall–Kier alpha value is -0.860. The van der Waals surface area contributed by atoms with Gasteiger partial charge in [0, 0.05) is 6.04 Å². The van der Waals surface area contributed by atoms with Crippen LogP contribution >= 0.6 is 0 Å². The summed E-state index contributed by atoms with van der Waals surface area (Å²) in [5.74, 6) is 0.715. The van der Waals surface area contributed by atoms with Crippen LogP contribution in [0.3, 0.4) is 0 Å². The zero-order chi connectivity index (χ0) is 13.7. The van der Waals surface area contributed by atoms with Crippen molar-refractivity contribution in [3.05, 3.63) is 34.9 Å². The van der Waals surface area contributed by atoms with Crippen LogP contribution in [0.5, 0.6) is 0 Å². The molecule has 1 aliphatic heterocycles. The molecule has 0 radical (unpaired) electrons. The van der Waals surface area contributed by atoms with Crippen molar-refractivity contribution in [2.45, 2.75) is 59.3 Å². The molecule has 2 nitrogen and oxygen atoms in total. The van der Waals surface area contributed by atoms with Gasteiger partial charge in [-0.1, -0.05) is 51.8 Å². The fourth-order valence-corrected chi connectivity index (χ4v) is 3.00. The molecule has 0 aliphatic carbocycles. The number of hydrogen-bond acceptors (Lipinski definition) is 2. The van der Waals surface area contributed by atoms with E-state index in [0.29, 0.717) is 12.0 Å². The third-order valence-electron chi connectivity index (χ3n) is 4.24. The first kappa shape index (κ1) is 14.5. The number of ether oxygens (including phenoxy) is 1. The van der Waals surface area contributed by atoms with E-state index in [9.17, 15) is 0 Å². The lowest BCUT2D eigenvalue weighted by molar-refractivity contribution is 0.134. The summed E-state index contributed by atoms with van der Waals surface area (Å²) in [6.45, 7) is 9.49. The maximum absolute atomic E-state index is 5.52. The largest absolute Gasteiger partial charge is 0.372 e. The maximum Gasteiger partial charge on any atom is 0.0725 e. The molecule has 0 amide bonds. The third kappa shape index (κ3) is 3.37. The summed E-state index contributed by atoms with van der Waals surface area (Å²) in [7, 11) is 0. The summed E-state index contributed by atoms with van der Waals surface area (Å²) >= 11 is 0. The summed E-state index contributed by atoms with van der Waals surface area (Å²) in [5, 5.41) is 3.74. The van der Waals surface area contributed by atoms with Gasteiger partial charge in [-0.15, -0.1) is 0 Å². The van der Waals surface area contributed by atoms with Crippen LogP contribution in [0.25, 0.3) is 0 Å². The minimum Gasteiger partial charge on any atom is -0.372 e. The molecule has 1 unspecified atom stereocenters. The molecule has 1 aromatic rings. The minimum absolute atomic E-state index is 0.487. The van der Waals surface area contributed by atoms with Crippen molar-refractivity contribution in [3.63, 3.8) is 0 Å². The molecule has 1 aliphatic rings. The zero-order valence-electron chi connectivity index (χ0n) is 12.5. The molecule has 0 aromatic heterocycles. The molecule has 2 heteroatoms. The highest BCUT2D eigenvalue weighted by Crippen LogP contribution is 2.30. The Morgan fingerprint density at radius 1 is 1.11 bits per heavy atom. The van der Waals surface area contributed by atoms with Crippen LogP contribution in [0.15, 0.2) is 18.2 Å². The van der Waals surface area contributed by atoms with E-state index in [1.165, 1.54) is 36.0 Å². The Morgan fingerprint density at radius 2 is 1.84 bits per heavy atom.